The quantitative estimate of drug-likeness (QED) is 0.732. The summed E-state index contributed by atoms with van der Waals surface area (Å²) in [5.74, 6) is 0. The molecule has 0 aliphatic carbocycles. The van der Waals surface area contributed by atoms with Crippen LogP contribution in [0.2, 0.25) is 0 Å². The van der Waals surface area contributed by atoms with Crippen LogP contribution in [0.5, 0.6) is 0 Å². The molecule has 0 bridgehead atoms. The summed E-state index contributed by atoms with van der Waals surface area (Å²) in [5.41, 5.74) is 0. The van der Waals surface area contributed by atoms with E-state index in [9.17, 15) is 10.2 Å². The minimum Gasteiger partial charge on any atom is -0.368 e. The molecule has 2 N–H and O–H groups in total. The van der Waals surface area contributed by atoms with Crippen molar-refractivity contribution in [3.63, 3.8) is 0 Å². The predicted octanol–water partition coefficient (Wildman–Crippen LogP) is 0.648. The minimum absolute atomic E-state index is 0.253. The van der Waals surface area contributed by atoms with Gasteiger partial charge in [0.05, 0.1) is 18.6 Å². The second-order valence-electron chi connectivity index (χ2n) is 4.57. The molecule has 2 aliphatic heterocycles. The molecule has 6 heteroatoms. The molecule has 2 saturated heterocycles. The normalized spacial score (nSPS) is 43.7. The Bertz CT molecular complexity index is 290. The van der Waals surface area contributed by atoms with Crippen LogP contribution in [0.3, 0.4) is 0 Å². The molecule has 0 amide bonds. The van der Waals surface area contributed by atoms with Crippen molar-refractivity contribution in [2.45, 2.75) is 56.6 Å². The Morgan fingerprint density at radius 2 is 1.26 bits per heavy atom. The van der Waals surface area contributed by atoms with E-state index in [1.807, 2.05) is 0 Å². The van der Waals surface area contributed by atoms with Gasteiger partial charge in [-0.05, 0) is 0 Å². The Kier molecular flexibility index (Phi) is 5.09. The molecule has 0 saturated carbocycles. The molecule has 0 spiro atoms. The summed E-state index contributed by atoms with van der Waals surface area (Å²) in [5, 5.41) is 19.1. The molecular weight excluding hydrogens is 252 g/mol. The average Bonchev–Trinajstić information content (AvgIpc) is 2.37. The van der Waals surface area contributed by atoms with Crippen LogP contribution in [0, 0.1) is 0 Å². The maximum Gasteiger partial charge on any atom is 0.166 e. The van der Waals surface area contributed by atoms with Gasteiger partial charge in [-0.1, -0.05) is 12.2 Å². The van der Waals surface area contributed by atoms with E-state index in [2.05, 4.69) is 13.2 Å². The van der Waals surface area contributed by atoms with E-state index in [-0.39, 0.29) is 18.6 Å². The lowest BCUT2D eigenvalue weighted by Crippen LogP contribution is -2.43. The monoisotopic (exact) mass is 272 g/mol. The van der Waals surface area contributed by atoms with Gasteiger partial charge in [0.2, 0.25) is 0 Å². The van der Waals surface area contributed by atoms with Crippen molar-refractivity contribution in [3.05, 3.63) is 25.3 Å². The van der Waals surface area contributed by atoms with Crippen LogP contribution >= 0.6 is 0 Å². The average molecular weight is 272 g/mol. The zero-order valence-electron chi connectivity index (χ0n) is 10.7. The highest BCUT2D eigenvalue weighted by Gasteiger charge is 2.34. The molecule has 0 aromatic heterocycles. The van der Waals surface area contributed by atoms with Crippen molar-refractivity contribution in [2.24, 2.45) is 0 Å². The van der Waals surface area contributed by atoms with Crippen LogP contribution in [-0.4, -0.2) is 47.6 Å². The van der Waals surface area contributed by atoms with E-state index in [4.69, 9.17) is 18.9 Å². The third kappa shape index (κ3) is 4.10. The van der Waals surface area contributed by atoms with Gasteiger partial charge < -0.3 is 29.2 Å². The highest BCUT2D eigenvalue weighted by atomic mass is 16.8. The fourth-order valence-corrected chi connectivity index (χ4v) is 2.11. The van der Waals surface area contributed by atoms with Crippen LogP contribution in [0.1, 0.15) is 19.3 Å². The van der Waals surface area contributed by atoms with Crippen molar-refractivity contribution >= 4 is 0 Å². The van der Waals surface area contributed by atoms with Gasteiger partial charge in [-0.3, -0.25) is 0 Å². The molecule has 108 valence electrons. The first kappa shape index (κ1) is 14.6. The molecule has 0 aromatic carbocycles. The largest absolute Gasteiger partial charge is 0.368 e. The second-order valence-corrected chi connectivity index (χ2v) is 4.57. The Morgan fingerprint density at radius 3 is 1.63 bits per heavy atom. The highest BCUT2D eigenvalue weighted by molar-refractivity contribution is 4.85. The molecule has 2 fully saturated rings. The SMILES string of the molecule is C=C[C@@H]1C[C@H](O)O[C@H](C[C@@H]2O[C@H](O)C[C@H](C=C)O2)O1. The molecule has 0 aromatic rings. The lowest BCUT2D eigenvalue weighted by atomic mass is 10.2. The standard InChI is InChI=1S/C13H20O6/c1-3-8-5-10(14)18-12(16-8)7-13-17-9(4-2)6-11(15)19-13/h3-4,8-15H,1-2,5-7H2/t8-,9+,10-,11+,12-,13+. The third-order valence-electron chi connectivity index (χ3n) is 3.05. The number of aliphatic hydroxyl groups excluding tert-OH is 2. The van der Waals surface area contributed by atoms with Gasteiger partial charge >= 0.3 is 0 Å². The number of rotatable bonds is 4. The van der Waals surface area contributed by atoms with Gasteiger partial charge in [0.25, 0.3) is 0 Å². The lowest BCUT2D eigenvalue weighted by Gasteiger charge is -2.37. The van der Waals surface area contributed by atoms with E-state index in [1.165, 1.54) is 0 Å². The fraction of sp³-hybridized carbons (Fsp3) is 0.692. The third-order valence-corrected chi connectivity index (χ3v) is 3.05. The second kappa shape index (κ2) is 6.60. The Balaban J connectivity index is 1.88. The van der Waals surface area contributed by atoms with Crippen molar-refractivity contribution < 1.29 is 29.2 Å². The van der Waals surface area contributed by atoms with Gasteiger partial charge in [0.15, 0.2) is 25.2 Å². The topological polar surface area (TPSA) is 77.4 Å². The Hall–Kier alpha value is -0.760. The first-order valence-electron chi connectivity index (χ1n) is 6.33. The van der Waals surface area contributed by atoms with E-state index in [1.54, 1.807) is 12.2 Å². The number of aliphatic hydroxyl groups is 2. The summed E-state index contributed by atoms with van der Waals surface area (Å²) < 4.78 is 21.6. The maximum absolute atomic E-state index is 9.56. The summed E-state index contributed by atoms with van der Waals surface area (Å²) in [7, 11) is 0. The Morgan fingerprint density at radius 1 is 0.842 bits per heavy atom. The van der Waals surface area contributed by atoms with Crippen molar-refractivity contribution in [1.82, 2.24) is 0 Å². The smallest absolute Gasteiger partial charge is 0.166 e. The van der Waals surface area contributed by atoms with Crippen LogP contribution in [0.25, 0.3) is 0 Å². The highest BCUT2D eigenvalue weighted by Crippen LogP contribution is 2.26. The molecule has 6 nitrogen and oxygen atoms in total. The molecule has 0 unspecified atom stereocenters. The summed E-state index contributed by atoms with van der Waals surface area (Å²) in [6.07, 6.45) is 0.536. The van der Waals surface area contributed by atoms with Crippen LogP contribution in [0.4, 0.5) is 0 Å². The van der Waals surface area contributed by atoms with Crippen molar-refractivity contribution in [3.8, 4) is 0 Å². The summed E-state index contributed by atoms with van der Waals surface area (Å²) in [6.45, 7) is 7.26. The van der Waals surface area contributed by atoms with E-state index in [0.29, 0.717) is 12.8 Å². The molecule has 0 radical (unpaired) electrons. The number of hydrogen-bond acceptors (Lipinski definition) is 6. The van der Waals surface area contributed by atoms with Crippen molar-refractivity contribution in [2.75, 3.05) is 0 Å². The summed E-state index contributed by atoms with van der Waals surface area (Å²) in [4.78, 5) is 0. The minimum atomic E-state index is -0.898. The Labute approximate surface area is 112 Å². The molecule has 2 heterocycles. The van der Waals surface area contributed by atoms with Crippen LogP contribution in [0.15, 0.2) is 25.3 Å². The van der Waals surface area contributed by atoms with Crippen LogP contribution < -0.4 is 0 Å². The zero-order chi connectivity index (χ0) is 13.8. The van der Waals surface area contributed by atoms with Gasteiger partial charge in [-0.25, -0.2) is 0 Å². The van der Waals surface area contributed by atoms with E-state index < -0.39 is 25.2 Å². The lowest BCUT2D eigenvalue weighted by molar-refractivity contribution is -0.333. The summed E-state index contributed by atoms with van der Waals surface area (Å²) >= 11 is 0. The van der Waals surface area contributed by atoms with Gasteiger partial charge in [0, 0.05) is 12.8 Å². The molecular formula is C13H20O6. The zero-order valence-corrected chi connectivity index (χ0v) is 10.7. The molecule has 19 heavy (non-hydrogen) atoms. The fourth-order valence-electron chi connectivity index (χ4n) is 2.11. The van der Waals surface area contributed by atoms with Crippen molar-refractivity contribution in [1.29, 1.82) is 0 Å². The number of ether oxygens (including phenoxy) is 4. The van der Waals surface area contributed by atoms with Crippen LogP contribution in [-0.2, 0) is 18.9 Å². The van der Waals surface area contributed by atoms with Gasteiger partial charge in [-0.2, -0.15) is 0 Å². The van der Waals surface area contributed by atoms with E-state index in [0.717, 1.165) is 0 Å². The molecule has 2 rings (SSSR count). The van der Waals surface area contributed by atoms with Gasteiger partial charge in [0.1, 0.15) is 0 Å². The maximum atomic E-state index is 9.56. The molecule has 6 atom stereocenters. The summed E-state index contributed by atoms with van der Waals surface area (Å²) in [6, 6.07) is 0. The predicted molar refractivity (Wildman–Crippen MR) is 65.8 cm³/mol. The molecule has 2 aliphatic rings. The first-order valence-corrected chi connectivity index (χ1v) is 6.33. The first-order chi connectivity index (χ1) is 9.10. The van der Waals surface area contributed by atoms with Gasteiger partial charge in [-0.15, -0.1) is 13.2 Å². The van der Waals surface area contributed by atoms with E-state index >= 15 is 0 Å². The number of hydrogen-bond donors (Lipinski definition) is 2.